The van der Waals surface area contributed by atoms with Crippen molar-refractivity contribution in [2.24, 2.45) is 45.8 Å². The fraction of sp³-hybridized carbons (Fsp3) is 0.931. The summed E-state index contributed by atoms with van der Waals surface area (Å²) in [6.45, 7) is 12.0. The molecule has 0 aliphatic heterocycles. The van der Waals surface area contributed by atoms with Crippen LogP contribution in [0.4, 0.5) is 0 Å². The molecule has 0 saturated heterocycles. The molecule has 0 bridgehead atoms. The van der Waals surface area contributed by atoms with E-state index >= 15 is 0 Å². The van der Waals surface area contributed by atoms with Crippen LogP contribution in [-0.4, -0.2) is 10.2 Å². The van der Waals surface area contributed by atoms with E-state index in [4.69, 9.17) is 0 Å². The van der Waals surface area contributed by atoms with Gasteiger partial charge in [-0.25, -0.2) is 0 Å². The summed E-state index contributed by atoms with van der Waals surface area (Å²) in [7, 11) is 0. The number of aryl methyl sites for hydroxylation is 1. The number of rotatable bonds is 5. The molecule has 2 nitrogen and oxygen atoms in total. The van der Waals surface area contributed by atoms with E-state index in [-0.39, 0.29) is 5.41 Å². The van der Waals surface area contributed by atoms with E-state index in [9.17, 15) is 0 Å². The average molecular weight is 455 g/mol. The van der Waals surface area contributed by atoms with Crippen LogP contribution in [0.3, 0.4) is 0 Å². The van der Waals surface area contributed by atoms with Crippen molar-refractivity contribution in [1.82, 2.24) is 10.2 Å². The summed E-state index contributed by atoms with van der Waals surface area (Å²) < 4.78 is 0. The molecule has 5 aliphatic carbocycles. The van der Waals surface area contributed by atoms with Gasteiger partial charge in [-0.15, -0.1) is 21.5 Å². The smallest absolute Gasteiger partial charge is 0.122 e. The maximum atomic E-state index is 4.54. The molecule has 3 heteroatoms. The lowest BCUT2D eigenvalue weighted by Crippen LogP contribution is -2.39. The van der Waals surface area contributed by atoms with E-state index in [1.54, 1.807) is 32.1 Å². The summed E-state index contributed by atoms with van der Waals surface area (Å²) in [5.41, 5.74) is 2.34. The van der Waals surface area contributed by atoms with Crippen LogP contribution in [0.25, 0.3) is 0 Å². The Labute approximate surface area is 200 Å². The third kappa shape index (κ3) is 2.75. The second-order valence-electron chi connectivity index (χ2n) is 13.9. The molecular formula is C29H46N2S. The Kier molecular flexibility index (Phi) is 5.02. The van der Waals surface area contributed by atoms with Gasteiger partial charge in [-0.05, 0) is 104 Å². The van der Waals surface area contributed by atoms with Gasteiger partial charge in [0.2, 0.25) is 0 Å². The van der Waals surface area contributed by atoms with Crippen LogP contribution in [0.5, 0.6) is 0 Å². The van der Waals surface area contributed by atoms with Gasteiger partial charge in [-0.3, -0.25) is 0 Å². The Balaban J connectivity index is 1.16. The zero-order valence-electron chi connectivity index (χ0n) is 21.4. The maximum absolute atomic E-state index is 4.54. The number of fused-ring (bicyclic) bond motifs is 1. The first kappa shape index (κ1) is 22.1. The van der Waals surface area contributed by atoms with Gasteiger partial charge in [0.1, 0.15) is 10.0 Å². The summed E-state index contributed by atoms with van der Waals surface area (Å²) in [6.07, 6.45) is 19.3. The van der Waals surface area contributed by atoms with Gasteiger partial charge in [0, 0.05) is 11.8 Å². The van der Waals surface area contributed by atoms with Gasteiger partial charge in [-0.2, -0.15) is 0 Å². The summed E-state index contributed by atoms with van der Waals surface area (Å²) in [5, 5.41) is 11.5. The number of nitrogens with zero attached hydrogens (tertiary/aromatic N) is 2. The van der Waals surface area contributed by atoms with Gasteiger partial charge in [0.15, 0.2) is 0 Å². The lowest BCUT2D eigenvalue weighted by atomic mass is 9.59. The van der Waals surface area contributed by atoms with E-state index in [1.165, 1.54) is 55.0 Å². The lowest BCUT2D eigenvalue weighted by molar-refractivity contribution is 0.0275. The van der Waals surface area contributed by atoms with Crippen LogP contribution in [0.15, 0.2) is 0 Å². The molecule has 1 aromatic heterocycles. The minimum atomic E-state index is 0.134. The lowest BCUT2D eigenvalue weighted by Gasteiger charge is -2.46. The van der Waals surface area contributed by atoms with Crippen molar-refractivity contribution in [2.75, 3.05) is 0 Å². The molecule has 0 radical (unpaired) electrons. The molecule has 6 unspecified atom stereocenters. The van der Waals surface area contributed by atoms with Crippen LogP contribution in [0, 0.1) is 45.8 Å². The normalized spacial score (nSPS) is 47.0. The van der Waals surface area contributed by atoms with E-state index in [2.05, 4.69) is 44.8 Å². The molecule has 1 heterocycles. The molecule has 2 spiro atoms. The van der Waals surface area contributed by atoms with Crippen molar-refractivity contribution in [1.29, 1.82) is 0 Å². The second-order valence-corrected chi connectivity index (χ2v) is 14.9. The highest BCUT2D eigenvalue weighted by atomic mass is 32.1. The summed E-state index contributed by atoms with van der Waals surface area (Å²) in [6, 6.07) is 0. The SMILES string of the molecule is CC[C@H]1CC23C4CCC(CCCc5nnc(C(C)(C)C)s5)C4(C)CC[C@@H]2C32CCCCC12. The Hall–Kier alpha value is -0.440. The molecule has 5 aliphatic rings. The third-order valence-electron chi connectivity index (χ3n) is 11.9. The van der Waals surface area contributed by atoms with Crippen molar-refractivity contribution < 1.29 is 0 Å². The van der Waals surface area contributed by atoms with Crippen LogP contribution < -0.4 is 0 Å². The first-order chi connectivity index (χ1) is 15.3. The van der Waals surface area contributed by atoms with Crippen LogP contribution in [0.2, 0.25) is 0 Å². The zero-order valence-corrected chi connectivity index (χ0v) is 22.2. The van der Waals surface area contributed by atoms with Crippen molar-refractivity contribution in [3.8, 4) is 0 Å². The number of hydrogen-bond donors (Lipinski definition) is 0. The van der Waals surface area contributed by atoms with Crippen LogP contribution in [0.1, 0.15) is 122 Å². The van der Waals surface area contributed by atoms with Crippen molar-refractivity contribution >= 4 is 11.3 Å². The third-order valence-corrected chi connectivity index (χ3v) is 13.3. The highest BCUT2D eigenvalue weighted by Crippen LogP contribution is 2.92. The fourth-order valence-electron chi connectivity index (χ4n) is 10.8. The van der Waals surface area contributed by atoms with Gasteiger partial charge in [-0.1, -0.05) is 53.9 Å². The molecular weight excluding hydrogens is 408 g/mol. The molecule has 5 fully saturated rings. The first-order valence-corrected chi connectivity index (χ1v) is 14.9. The molecule has 0 aromatic carbocycles. The monoisotopic (exact) mass is 454 g/mol. The van der Waals surface area contributed by atoms with Crippen molar-refractivity contribution in [2.45, 2.75) is 124 Å². The van der Waals surface area contributed by atoms with E-state index in [1.807, 2.05) is 11.3 Å². The van der Waals surface area contributed by atoms with Gasteiger partial charge in [0.05, 0.1) is 0 Å². The fourth-order valence-corrected chi connectivity index (χ4v) is 11.8. The molecule has 1 aromatic rings. The van der Waals surface area contributed by atoms with Crippen LogP contribution >= 0.6 is 11.3 Å². The molecule has 0 amide bonds. The Morgan fingerprint density at radius 3 is 2.56 bits per heavy atom. The maximum Gasteiger partial charge on any atom is 0.122 e. The Morgan fingerprint density at radius 1 is 0.969 bits per heavy atom. The standard InChI is InChI=1S/C29H46N2S/c1-6-19-18-29-22-14-13-20(10-9-12-24-30-31-25(32-24)26(2,3)4)27(22,5)17-15-23(29)28(29)16-8-7-11-21(19)28/h19-23H,6-18H2,1-5H3/t19-,20?,21?,22?,23+,27?,28?,29?/m0/s1. The quantitative estimate of drug-likeness (QED) is 0.448. The van der Waals surface area contributed by atoms with Gasteiger partial charge < -0.3 is 0 Å². The summed E-state index contributed by atoms with van der Waals surface area (Å²) >= 11 is 1.85. The number of aromatic nitrogens is 2. The van der Waals surface area contributed by atoms with E-state index in [0.717, 1.165) is 46.8 Å². The number of hydrogen-bond acceptors (Lipinski definition) is 3. The summed E-state index contributed by atoms with van der Waals surface area (Å²) in [4.78, 5) is 0. The molecule has 178 valence electrons. The van der Waals surface area contributed by atoms with Gasteiger partial charge in [0.25, 0.3) is 0 Å². The Bertz CT molecular complexity index is 869. The molecule has 6 rings (SSSR count). The van der Waals surface area contributed by atoms with E-state index in [0.29, 0.717) is 5.41 Å². The summed E-state index contributed by atoms with van der Waals surface area (Å²) in [5.74, 6) is 5.28. The molecule has 8 atom stereocenters. The average Bonchev–Trinajstić information content (AvgIpc) is 3.19. The largest absolute Gasteiger partial charge is 0.144 e. The molecule has 32 heavy (non-hydrogen) atoms. The Morgan fingerprint density at radius 2 is 1.81 bits per heavy atom. The molecule has 0 N–H and O–H groups in total. The first-order valence-electron chi connectivity index (χ1n) is 14.1. The molecule has 5 saturated carbocycles. The van der Waals surface area contributed by atoms with Crippen molar-refractivity contribution in [3.05, 3.63) is 10.0 Å². The van der Waals surface area contributed by atoms with E-state index < -0.39 is 0 Å². The highest BCUT2D eigenvalue weighted by molar-refractivity contribution is 7.11. The second kappa shape index (κ2) is 7.28. The predicted molar refractivity (Wildman–Crippen MR) is 134 cm³/mol. The topological polar surface area (TPSA) is 25.8 Å². The minimum Gasteiger partial charge on any atom is -0.144 e. The predicted octanol–water partition coefficient (Wildman–Crippen LogP) is 8.21. The van der Waals surface area contributed by atoms with Crippen molar-refractivity contribution in [3.63, 3.8) is 0 Å². The zero-order chi connectivity index (χ0) is 22.4. The van der Waals surface area contributed by atoms with Crippen LogP contribution in [-0.2, 0) is 11.8 Å². The van der Waals surface area contributed by atoms with Gasteiger partial charge >= 0.3 is 0 Å². The minimum absolute atomic E-state index is 0.134. The highest BCUT2D eigenvalue weighted by Gasteiger charge is 2.86.